The van der Waals surface area contributed by atoms with E-state index in [0.717, 1.165) is 26.9 Å². The normalized spacial score (nSPS) is 14.9. The van der Waals surface area contributed by atoms with Gasteiger partial charge in [0.15, 0.2) is 0 Å². The minimum absolute atomic E-state index is 0.0681. The number of benzene rings is 3. The van der Waals surface area contributed by atoms with Gasteiger partial charge in [-0.25, -0.2) is 4.39 Å². The van der Waals surface area contributed by atoms with Crippen molar-refractivity contribution in [2.75, 3.05) is 13.2 Å². The highest BCUT2D eigenvalue weighted by molar-refractivity contribution is 9.10. The van der Waals surface area contributed by atoms with Gasteiger partial charge >= 0.3 is 0 Å². The fraction of sp³-hybridized carbons (Fsp3) is 0.241. The van der Waals surface area contributed by atoms with E-state index in [1.165, 1.54) is 23.8 Å². The van der Waals surface area contributed by atoms with E-state index in [0.29, 0.717) is 17.9 Å². The van der Waals surface area contributed by atoms with E-state index < -0.39 is 17.0 Å². The Morgan fingerprint density at radius 1 is 1.03 bits per heavy atom. The van der Waals surface area contributed by atoms with Gasteiger partial charge in [-0.15, -0.1) is 0 Å². The Hall–Kier alpha value is -2.81. The number of carbonyl (C=O) groups excluding carboxylic acids is 2. The van der Waals surface area contributed by atoms with Gasteiger partial charge in [0.25, 0.3) is 11.1 Å². The predicted octanol–water partition coefficient (Wildman–Crippen LogP) is 8.23. The van der Waals surface area contributed by atoms with Gasteiger partial charge in [-0.2, -0.15) is 0 Å². The van der Waals surface area contributed by atoms with Crippen LogP contribution in [0.15, 0.2) is 70.0 Å². The molecule has 38 heavy (non-hydrogen) atoms. The van der Waals surface area contributed by atoms with Crippen LogP contribution in [0.1, 0.15) is 37.5 Å². The lowest BCUT2D eigenvalue weighted by molar-refractivity contribution is -0.123. The monoisotopic (exact) mass is 617 g/mol. The molecule has 3 aromatic rings. The average Bonchev–Trinajstić information content (AvgIpc) is 3.12. The van der Waals surface area contributed by atoms with Crippen molar-refractivity contribution in [1.82, 2.24) is 4.90 Å². The molecule has 1 saturated heterocycles. The zero-order chi connectivity index (χ0) is 27.4. The summed E-state index contributed by atoms with van der Waals surface area (Å²) in [7, 11) is 0. The SMILES string of the molecule is CC(C)(C)c1ccc(OCCOc2cc(Br)ccc2/C=C2\SC(=O)N(Cc3c(F)cccc3Cl)C2=O)cc1. The van der Waals surface area contributed by atoms with Crippen molar-refractivity contribution >= 4 is 56.5 Å². The molecule has 0 atom stereocenters. The van der Waals surface area contributed by atoms with Crippen LogP contribution in [0.5, 0.6) is 11.5 Å². The molecule has 0 aliphatic carbocycles. The van der Waals surface area contributed by atoms with Gasteiger partial charge < -0.3 is 9.47 Å². The zero-order valence-electron chi connectivity index (χ0n) is 21.1. The lowest BCUT2D eigenvalue weighted by Crippen LogP contribution is -2.28. The quantitative estimate of drug-likeness (QED) is 0.188. The molecule has 0 spiro atoms. The number of thioether (sulfide) groups is 1. The van der Waals surface area contributed by atoms with Crippen molar-refractivity contribution in [3.8, 4) is 11.5 Å². The first-order valence-electron chi connectivity index (χ1n) is 11.9. The lowest BCUT2D eigenvalue weighted by Gasteiger charge is -2.19. The number of hydrogen-bond donors (Lipinski definition) is 0. The van der Waals surface area contributed by atoms with Crippen LogP contribution in [-0.2, 0) is 16.8 Å². The molecule has 0 radical (unpaired) electrons. The van der Waals surface area contributed by atoms with Gasteiger partial charge in [0.05, 0.1) is 11.4 Å². The summed E-state index contributed by atoms with van der Waals surface area (Å²) < 4.78 is 26.8. The molecule has 1 heterocycles. The first-order chi connectivity index (χ1) is 18.0. The zero-order valence-corrected chi connectivity index (χ0v) is 24.3. The van der Waals surface area contributed by atoms with Gasteiger partial charge in [-0.1, -0.05) is 72.6 Å². The summed E-state index contributed by atoms with van der Waals surface area (Å²) >= 11 is 10.3. The number of hydrogen-bond acceptors (Lipinski definition) is 5. The van der Waals surface area contributed by atoms with E-state index in [4.69, 9.17) is 21.1 Å². The lowest BCUT2D eigenvalue weighted by atomic mass is 9.87. The van der Waals surface area contributed by atoms with Gasteiger partial charge in [-0.3, -0.25) is 14.5 Å². The second-order valence-corrected chi connectivity index (χ2v) is 11.9. The van der Waals surface area contributed by atoms with E-state index in [1.807, 2.05) is 18.2 Å². The number of imide groups is 1. The topological polar surface area (TPSA) is 55.8 Å². The predicted molar refractivity (Wildman–Crippen MR) is 153 cm³/mol. The molecule has 0 bridgehead atoms. The van der Waals surface area contributed by atoms with E-state index in [9.17, 15) is 14.0 Å². The Morgan fingerprint density at radius 2 is 1.74 bits per heavy atom. The Balaban J connectivity index is 1.43. The number of ether oxygens (including phenoxy) is 2. The summed E-state index contributed by atoms with van der Waals surface area (Å²) in [6.07, 6.45) is 1.60. The van der Waals surface area contributed by atoms with E-state index in [1.54, 1.807) is 18.2 Å². The minimum atomic E-state index is -0.573. The average molecular weight is 619 g/mol. The standard InChI is InChI=1S/C29H26BrClFNO4S/c1-29(2,3)19-8-11-21(12-9-19)36-13-14-37-25-16-20(30)10-7-18(25)15-26-27(34)33(28(35)38-26)17-22-23(31)5-4-6-24(22)32/h4-12,15-16H,13-14,17H2,1-3H3/b26-15-. The van der Waals surface area contributed by atoms with Crippen molar-refractivity contribution in [3.05, 3.63) is 97.6 Å². The van der Waals surface area contributed by atoms with Gasteiger partial charge in [0.2, 0.25) is 0 Å². The van der Waals surface area contributed by atoms with Crippen molar-refractivity contribution in [2.45, 2.75) is 32.7 Å². The van der Waals surface area contributed by atoms with Crippen LogP contribution in [0.2, 0.25) is 5.02 Å². The summed E-state index contributed by atoms with van der Waals surface area (Å²) in [4.78, 5) is 26.8. The summed E-state index contributed by atoms with van der Waals surface area (Å²) in [5, 5.41) is -0.338. The minimum Gasteiger partial charge on any atom is -0.490 e. The highest BCUT2D eigenvalue weighted by atomic mass is 79.9. The Kier molecular flexibility index (Phi) is 8.85. The third-order valence-electron chi connectivity index (χ3n) is 5.84. The third-order valence-corrected chi connectivity index (χ3v) is 7.60. The number of carbonyl (C=O) groups is 2. The summed E-state index contributed by atoms with van der Waals surface area (Å²) in [6, 6.07) is 17.6. The maximum Gasteiger partial charge on any atom is 0.293 e. The van der Waals surface area contributed by atoms with Crippen molar-refractivity contribution < 1.29 is 23.5 Å². The van der Waals surface area contributed by atoms with Crippen molar-refractivity contribution in [3.63, 3.8) is 0 Å². The van der Waals surface area contributed by atoms with E-state index in [-0.39, 0.29) is 34.1 Å². The second-order valence-electron chi connectivity index (χ2n) is 9.62. The number of amides is 2. The van der Waals surface area contributed by atoms with Crippen molar-refractivity contribution in [1.29, 1.82) is 0 Å². The molecule has 5 nitrogen and oxygen atoms in total. The molecule has 0 aromatic heterocycles. The fourth-order valence-corrected chi connectivity index (χ4v) is 5.13. The van der Waals surface area contributed by atoms with Crippen LogP contribution >= 0.6 is 39.3 Å². The molecule has 1 aliphatic heterocycles. The molecule has 1 fully saturated rings. The summed E-state index contributed by atoms with van der Waals surface area (Å²) in [5.41, 5.74) is 2.01. The largest absolute Gasteiger partial charge is 0.490 e. The third kappa shape index (κ3) is 6.79. The molecule has 198 valence electrons. The number of nitrogens with zero attached hydrogens (tertiary/aromatic N) is 1. The molecular formula is C29H26BrClFNO4S. The fourth-order valence-electron chi connectivity index (χ4n) is 3.73. The molecule has 2 amide bonds. The van der Waals surface area contributed by atoms with Gasteiger partial charge in [0.1, 0.15) is 30.5 Å². The maximum atomic E-state index is 14.2. The number of halogens is 3. The van der Waals surface area contributed by atoms with Crippen LogP contribution in [-0.4, -0.2) is 29.3 Å². The van der Waals surface area contributed by atoms with Crippen molar-refractivity contribution in [2.24, 2.45) is 0 Å². The first kappa shape index (κ1) is 28.2. The Morgan fingerprint density at radius 3 is 2.42 bits per heavy atom. The highest BCUT2D eigenvalue weighted by Gasteiger charge is 2.36. The molecule has 0 unspecified atom stereocenters. The summed E-state index contributed by atoms with van der Waals surface area (Å²) in [5.74, 6) is 0.182. The molecule has 9 heteroatoms. The second kappa shape index (κ2) is 11.9. The van der Waals surface area contributed by atoms with Crippen LogP contribution in [0.3, 0.4) is 0 Å². The molecule has 1 aliphatic rings. The van der Waals surface area contributed by atoms with Crippen LogP contribution in [0.4, 0.5) is 9.18 Å². The first-order valence-corrected chi connectivity index (χ1v) is 13.9. The maximum absolute atomic E-state index is 14.2. The highest BCUT2D eigenvalue weighted by Crippen LogP contribution is 2.36. The number of rotatable bonds is 8. The smallest absolute Gasteiger partial charge is 0.293 e. The van der Waals surface area contributed by atoms with E-state index in [2.05, 4.69) is 48.8 Å². The van der Waals surface area contributed by atoms with Crippen LogP contribution in [0, 0.1) is 5.82 Å². The van der Waals surface area contributed by atoms with Gasteiger partial charge in [0, 0.05) is 20.6 Å². The Bertz CT molecular complexity index is 1370. The van der Waals surface area contributed by atoms with E-state index >= 15 is 0 Å². The molecule has 0 saturated carbocycles. The molecule has 0 N–H and O–H groups in total. The Labute approximate surface area is 239 Å². The molecular weight excluding hydrogens is 593 g/mol. The van der Waals surface area contributed by atoms with Crippen LogP contribution in [0.25, 0.3) is 6.08 Å². The molecule has 3 aromatic carbocycles. The van der Waals surface area contributed by atoms with Gasteiger partial charge in [-0.05, 0) is 65.2 Å². The van der Waals surface area contributed by atoms with Crippen LogP contribution < -0.4 is 9.47 Å². The molecule has 4 rings (SSSR count). The summed E-state index contributed by atoms with van der Waals surface area (Å²) in [6.45, 7) is 6.82.